The van der Waals surface area contributed by atoms with Gasteiger partial charge in [0.15, 0.2) is 16.9 Å². The van der Waals surface area contributed by atoms with Crippen LogP contribution in [0, 0.1) is 6.92 Å². The number of aromatic nitrogens is 2. The van der Waals surface area contributed by atoms with Gasteiger partial charge in [0.25, 0.3) is 5.56 Å². The highest BCUT2D eigenvalue weighted by Gasteiger charge is 2.09. The van der Waals surface area contributed by atoms with E-state index in [9.17, 15) is 9.00 Å². The van der Waals surface area contributed by atoms with Crippen molar-refractivity contribution in [1.29, 1.82) is 0 Å². The Morgan fingerprint density at radius 1 is 1.35 bits per heavy atom. The van der Waals surface area contributed by atoms with Crippen LogP contribution in [-0.4, -0.2) is 20.2 Å². The van der Waals surface area contributed by atoms with Crippen molar-refractivity contribution < 1.29 is 13.5 Å². The number of benzene rings is 1. The monoisotopic (exact) mass is 254 g/mol. The van der Waals surface area contributed by atoms with E-state index in [1.54, 1.807) is 31.2 Å². The Bertz CT molecular complexity index is 638. The van der Waals surface area contributed by atoms with E-state index in [0.717, 1.165) is 4.73 Å². The Morgan fingerprint density at radius 2 is 2.06 bits per heavy atom. The molecule has 0 aliphatic carbocycles. The molecule has 1 aromatic carbocycles. The lowest BCUT2D eigenvalue weighted by Gasteiger charge is -2.07. The lowest BCUT2D eigenvalue weighted by Crippen LogP contribution is -2.30. The van der Waals surface area contributed by atoms with Gasteiger partial charge in [-0.3, -0.25) is 4.79 Å². The molecule has 7 heteroatoms. The Morgan fingerprint density at radius 3 is 2.76 bits per heavy atom. The van der Waals surface area contributed by atoms with E-state index in [0.29, 0.717) is 16.7 Å². The largest absolute Gasteiger partial charge is 0.297 e. The van der Waals surface area contributed by atoms with Crippen molar-refractivity contribution in [1.82, 2.24) is 9.71 Å². The van der Waals surface area contributed by atoms with Gasteiger partial charge in [0.1, 0.15) is 0 Å². The van der Waals surface area contributed by atoms with Gasteiger partial charge in [0, 0.05) is 6.26 Å². The third-order valence-corrected chi connectivity index (χ3v) is 2.35. The molecule has 0 N–H and O–H groups in total. The summed E-state index contributed by atoms with van der Waals surface area (Å²) >= 11 is -1.63. The molecule has 90 valence electrons. The highest BCUT2D eigenvalue weighted by Crippen LogP contribution is 2.06. The second kappa shape index (κ2) is 4.64. The van der Waals surface area contributed by atoms with Crippen molar-refractivity contribution in [2.75, 3.05) is 6.26 Å². The molecule has 0 spiro atoms. The Labute approximate surface area is 99.3 Å². The van der Waals surface area contributed by atoms with E-state index in [4.69, 9.17) is 0 Å². The van der Waals surface area contributed by atoms with Crippen LogP contribution in [0.2, 0.25) is 0 Å². The highest BCUT2D eigenvalue weighted by molar-refractivity contribution is 7.79. The maximum Gasteiger partial charge on any atom is 0.297 e. The molecule has 0 aliphatic heterocycles. The summed E-state index contributed by atoms with van der Waals surface area (Å²) in [6.07, 6.45) is 1.29. The Kier molecular flexibility index (Phi) is 3.21. The minimum Gasteiger partial charge on any atom is -0.265 e. The lowest BCUT2D eigenvalue weighted by molar-refractivity contribution is -0.203. The fourth-order valence-corrected chi connectivity index (χ4v) is 1.54. The molecule has 0 fully saturated rings. The van der Waals surface area contributed by atoms with Crippen molar-refractivity contribution in [3.05, 3.63) is 40.4 Å². The zero-order valence-electron chi connectivity index (χ0n) is 9.25. The molecule has 2 rings (SSSR count). The maximum atomic E-state index is 12.0. The number of rotatable bonds is 3. The van der Waals surface area contributed by atoms with E-state index in [1.165, 1.54) is 6.26 Å². The van der Waals surface area contributed by atoms with Gasteiger partial charge in [0.05, 0.1) is 10.9 Å². The molecule has 1 unspecified atom stereocenters. The van der Waals surface area contributed by atoms with Crippen LogP contribution in [0.25, 0.3) is 10.9 Å². The normalized spacial score (nSPS) is 12.6. The molecular weight excluding hydrogens is 244 g/mol. The molecule has 0 bridgehead atoms. The number of fused-ring (bicyclic) bond motifs is 1. The van der Waals surface area contributed by atoms with Crippen LogP contribution < -0.4 is 10.5 Å². The van der Waals surface area contributed by atoms with Gasteiger partial charge in [-0.15, -0.1) is 0 Å². The van der Waals surface area contributed by atoms with Crippen LogP contribution in [0.4, 0.5) is 0 Å². The number of hydrogen-bond donors (Lipinski definition) is 0. The quantitative estimate of drug-likeness (QED) is 0.584. The second-order valence-corrected chi connectivity index (χ2v) is 4.26. The first-order valence-electron chi connectivity index (χ1n) is 4.77. The first-order valence-corrected chi connectivity index (χ1v) is 6.25. The summed E-state index contributed by atoms with van der Waals surface area (Å²) in [7, 11) is 0. The van der Waals surface area contributed by atoms with E-state index >= 15 is 0 Å². The molecule has 0 aliphatic rings. The zero-order valence-corrected chi connectivity index (χ0v) is 10.1. The van der Waals surface area contributed by atoms with Crippen LogP contribution in [0.1, 0.15) is 5.82 Å². The van der Waals surface area contributed by atoms with Crippen LogP contribution in [0.3, 0.4) is 0 Å². The average molecular weight is 254 g/mol. The third-order valence-electron chi connectivity index (χ3n) is 2.10. The van der Waals surface area contributed by atoms with Crippen LogP contribution in [-0.2, 0) is 15.4 Å². The summed E-state index contributed by atoms with van der Waals surface area (Å²) in [6, 6.07) is 6.88. The van der Waals surface area contributed by atoms with Gasteiger partial charge in [-0.25, -0.2) is 14.2 Å². The summed E-state index contributed by atoms with van der Waals surface area (Å²) < 4.78 is 16.0. The van der Waals surface area contributed by atoms with Gasteiger partial charge >= 0.3 is 0 Å². The van der Waals surface area contributed by atoms with Crippen molar-refractivity contribution in [3.8, 4) is 0 Å². The van der Waals surface area contributed by atoms with Crippen molar-refractivity contribution in [2.45, 2.75) is 6.92 Å². The first-order chi connectivity index (χ1) is 8.09. The standard InChI is InChI=1S/C10H10N2O4S/c1-7-11-9-6-4-3-5-8(9)10(13)12(7)15-16-17(2)14/h3-6H,1-2H3. The van der Waals surface area contributed by atoms with Gasteiger partial charge < -0.3 is 0 Å². The van der Waals surface area contributed by atoms with E-state index in [-0.39, 0.29) is 0 Å². The van der Waals surface area contributed by atoms with Gasteiger partial charge in [-0.05, 0) is 19.1 Å². The van der Waals surface area contributed by atoms with Crippen LogP contribution in [0.5, 0.6) is 0 Å². The molecule has 0 amide bonds. The molecular formula is C10H10N2O4S. The zero-order chi connectivity index (χ0) is 12.4. The van der Waals surface area contributed by atoms with E-state index in [2.05, 4.69) is 14.3 Å². The molecule has 2 aromatic rings. The van der Waals surface area contributed by atoms with Gasteiger partial charge in [0.2, 0.25) is 0 Å². The Balaban J connectivity index is 2.56. The molecule has 0 saturated heterocycles. The maximum absolute atomic E-state index is 12.0. The summed E-state index contributed by atoms with van der Waals surface area (Å²) in [5.74, 6) is 0.319. The predicted octanol–water partition coefficient (Wildman–Crippen LogP) is 0.359. The fourth-order valence-electron chi connectivity index (χ4n) is 1.39. The lowest BCUT2D eigenvalue weighted by atomic mass is 10.2. The van der Waals surface area contributed by atoms with Crippen molar-refractivity contribution >= 4 is 22.0 Å². The number of para-hydroxylation sites is 1. The molecule has 1 aromatic heterocycles. The molecule has 0 radical (unpaired) electrons. The number of aryl methyl sites for hydroxylation is 1. The Hall–Kier alpha value is -1.73. The molecule has 0 saturated carbocycles. The molecule has 1 atom stereocenters. The van der Waals surface area contributed by atoms with Crippen LogP contribution >= 0.6 is 0 Å². The molecule has 6 nitrogen and oxygen atoms in total. The van der Waals surface area contributed by atoms with Gasteiger partial charge in [-0.1, -0.05) is 21.2 Å². The minimum absolute atomic E-state index is 0.319. The summed E-state index contributed by atoms with van der Waals surface area (Å²) in [5.41, 5.74) is 0.172. The first kappa shape index (κ1) is 11.7. The smallest absolute Gasteiger partial charge is 0.265 e. The van der Waals surface area contributed by atoms with Crippen molar-refractivity contribution in [2.24, 2.45) is 0 Å². The summed E-state index contributed by atoms with van der Waals surface area (Å²) in [6.45, 7) is 1.59. The number of hydrogen-bond acceptors (Lipinski definition) is 5. The molecule has 17 heavy (non-hydrogen) atoms. The predicted molar refractivity (Wildman–Crippen MR) is 62.5 cm³/mol. The second-order valence-electron chi connectivity index (χ2n) is 3.32. The minimum atomic E-state index is -1.63. The van der Waals surface area contributed by atoms with E-state index < -0.39 is 16.6 Å². The van der Waals surface area contributed by atoms with E-state index in [1.807, 2.05) is 0 Å². The highest BCUT2D eigenvalue weighted by atomic mass is 32.2. The van der Waals surface area contributed by atoms with Crippen molar-refractivity contribution in [3.63, 3.8) is 0 Å². The third kappa shape index (κ3) is 2.34. The molecule has 1 heterocycles. The summed E-state index contributed by atoms with van der Waals surface area (Å²) in [4.78, 5) is 20.8. The topological polar surface area (TPSA) is 70.4 Å². The number of nitrogens with zero attached hydrogens (tertiary/aromatic N) is 2. The SMILES string of the molecule is Cc1nc2ccccc2c(=O)n1OOS(C)=O. The van der Waals surface area contributed by atoms with Gasteiger partial charge in [-0.2, -0.15) is 0 Å². The fraction of sp³-hybridized carbons (Fsp3) is 0.200. The van der Waals surface area contributed by atoms with Crippen LogP contribution in [0.15, 0.2) is 29.1 Å². The average Bonchev–Trinajstić information content (AvgIpc) is 2.28. The summed E-state index contributed by atoms with van der Waals surface area (Å²) in [5, 5.41) is 0.406.